The number of rotatable bonds is 2. The minimum absolute atomic E-state index is 0.218. The van der Waals surface area contributed by atoms with E-state index >= 15 is 0 Å². The van der Waals surface area contributed by atoms with Gasteiger partial charge in [0, 0.05) is 17.1 Å². The molecule has 0 aliphatic rings. The van der Waals surface area contributed by atoms with Gasteiger partial charge in [-0.3, -0.25) is 0 Å². The van der Waals surface area contributed by atoms with Crippen LogP contribution in [0.3, 0.4) is 0 Å². The third-order valence-electron chi connectivity index (χ3n) is 3.72. The van der Waals surface area contributed by atoms with Crippen molar-refractivity contribution in [1.82, 2.24) is 4.98 Å². The topological polar surface area (TPSA) is 15.8 Å². The first-order valence-corrected chi connectivity index (χ1v) is 6.55. The average Bonchev–Trinajstić information content (AvgIpc) is 2.69. The molecule has 0 fully saturated rings. The highest BCUT2D eigenvalue weighted by molar-refractivity contribution is 5.84. The van der Waals surface area contributed by atoms with Crippen LogP contribution in [0.4, 0.5) is 0 Å². The molecule has 0 saturated carbocycles. The Morgan fingerprint density at radius 3 is 2.53 bits per heavy atom. The Labute approximate surface area is 104 Å². The van der Waals surface area contributed by atoms with E-state index in [4.69, 9.17) is 0 Å². The number of benzene rings is 1. The van der Waals surface area contributed by atoms with Crippen molar-refractivity contribution >= 4 is 10.9 Å². The van der Waals surface area contributed by atoms with E-state index in [0.29, 0.717) is 5.92 Å². The largest absolute Gasteiger partial charge is 0.361 e. The summed E-state index contributed by atoms with van der Waals surface area (Å²) in [5.41, 5.74) is 4.33. The van der Waals surface area contributed by atoms with Gasteiger partial charge in [-0.2, -0.15) is 0 Å². The average molecular weight is 229 g/mol. The third kappa shape index (κ3) is 2.24. The molecule has 2 aromatic rings. The third-order valence-corrected chi connectivity index (χ3v) is 3.72. The van der Waals surface area contributed by atoms with E-state index in [-0.39, 0.29) is 5.41 Å². The molecule has 1 heteroatoms. The molecule has 0 bridgehead atoms. The molecule has 92 valence electrons. The minimum Gasteiger partial charge on any atom is -0.361 e. The summed E-state index contributed by atoms with van der Waals surface area (Å²) in [6, 6.07) is 6.83. The zero-order valence-electron chi connectivity index (χ0n) is 11.6. The summed E-state index contributed by atoms with van der Waals surface area (Å²) in [5.74, 6) is 0.629. The summed E-state index contributed by atoms with van der Waals surface area (Å²) in [7, 11) is 0. The Balaban J connectivity index is 2.52. The molecule has 0 aliphatic carbocycles. The number of H-pyrrole nitrogens is 1. The van der Waals surface area contributed by atoms with Gasteiger partial charge < -0.3 is 4.98 Å². The Morgan fingerprint density at radius 2 is 1.94 bits per heavy atom. The second-order valence-corrected chi connectivity index (χ2v) is 6.06. The molecule has 0 radical (unpaired) electrons. The summed E-state index contributed by atoms with van der Waals surface area (Å²) in [4.78, 5) is 3.42. The molecule has 1 aromatic heterocycles. The maximum atomic E-state index is 3.42. The van der Waals surface area contributed by atoms with Gasteiger partial charge in [0.1, 0.15) is 0 Å². The molecular formula is C16H23N. The summed E-state index contributed by atoms with van der Waals surface area (Å²) in [6.07, 6.45) is 3.36. The zero-order valence-corrected chi connectivity index (χ0v) is 11.6. The maximum absolute atomic E-state index is 3.42. The molecule has 1 heterocycles. The molecule has 1 unspecified atom stereocenters. The lowest BCUT2D eigenvalue weighted by atomic mass is 9.86. The van der Waals surface area contributed by atoms with E-state index in [1.807, 2.05) is 0 Å². The van der Waals surface area contributed by atoms with Crippen LogP contribution < -0.4 is 0 Å². The summed E-state index contributed by atoms with van der Waals surface area (Å²) < 4.78 is 0. The quantitative estimate of drug-likeness (QED) is 0.747. The van der Waals surface area contributed by atoms with Crippen molar-refractivity contribution in [2.45, 2.75) is 52.4 Å². The standard InChI is InChI=1S/C16H23N/c1-6-11(2)14-10-17-15-9-12(16(3,4)5)7-8-13(14)15/h7-11,17H,6H2,1-5H3. The number of aromatic nitrogens is 1. The minimum atomic E-state index is 0.218. The van der Waals surface area contributed by atoms with E-state index in [1.54, 1.807) is 0 Å². The summed E-state index contributed by atoms with van der Waals surface area (Å²) >= 11 is 0. The normalized spacial score (nSPS) is 14.2. The van der Waals surface area contributed by atoms with Gasteiger partial charge in [0.25, 0.3) is 0 Å². The predicted octanol–water partition coefficient (Wildman–Crippen LogP) is 4.98. The molecule has 1 atom stereocenters. The van der Waals surface area contributed by atoms with Gasteiger partial charge in [-0.05, 0) is 34.9 Å². The van der Waals surface area contributed by atoms with Crippen molar-refractivity contribution in [3.05, 3.63) is 35.5 Å². The molecule has 1 nitrogen and oxygen atoms in total. The summed E-state index contributed by atoms with van der Waals surface area (Å²) in [6.45, 7) is 11.3. The van der Waals surface area contributed by atoms with E-state index in [9.17, 15) is 0 Å². The van der Waals surface area contributed by atoms with Crippen LogP contribution in [0, 0.1) is 0 Å². The first-order chi connectivity index (χ1) is 7.93. The fourth-order valence-electron chi connectivity index (χ4n) is 2.24. The smallest absolute Gasteiger partial charge is 0.0459 e. The van der Waals surface area contributed by atoms with Crippen molar-refractivity contribution in [2.75, 3.05) is 0 Å². The van der Waals surface area contributed by atoms with Gasteiger partial charge in [-0.1, -0.05) is 46.8 Å². The Hall–Kier alpha value is -1.24. The van der Waals surface area contributed by atoms with Crippen LogP contribution in [0.5, 0.6) is 0 Å². The van der Waals surface area contributed by atoms with Crippen LogP contribution >= 0.6 is 0 Å². The highest BCUT2D eigenvalue weighted by Crippen LogP contribution is 2.31. The molecule has 0 aliphatic heterocycles. The van der Waals surface area contributed by atoms with Crippen molar-refractivity contribution in [3.8, 4) is 0 Å². The molecule has 0 saturated heterocycles. The van der Waals surface area contributed by atoms with Crippen molar-refractivity contribution < 1.29 is 0 Å². The van der Waals surface area contributed by atoms with Gasteiger partial charge in [-0.25, -0.2) is 0 Å². The van der Waals surface area contributed by atoms with Gasteiger partial charge in [0.15, 0.2) is 0 Å². The van der Waals surface area contributed by atoms with Crippen molar-refractivity contribution in [1.29, 1.82) is 0 Å². The van der Waals surface area contributed by atoms with E-state index < -0.39 is 0 Å². The van der Waals surface area contributed by atoms with Gasteiger partial charge in [0.05, 0.1) is 0 Å². The highest BCUT2D eigenvalue weighted by atomic mass is 14.7. The monoisotopic (exact) mass is 229 g/mol. The number of hydrogen-bond donors (Lipinski definition) is 1. The molecule has 2 rings (SSSR count). The fourth-order valence-corrected chi connectivity index (χ4v) is 2.24. The van der Waals surface area contributed by atoms with Crippen LogP contribution in [0.25, 0.3) is 10.9 Å². The van der Waals surface area contributed by atoms with Gasteiger partial charge >= 0.3 is 0 Å². The number of aromatic amines is 1. The zero-order chi connectivity index (χ0) is 12.6. The number of fused-ring (bicyclic) bond motifs is 1. The van der Waals surface area contributed by atoms with Crippen LogP contribution in [-0.2, 0) is 5.41 Å². The van der Waals surface area contributed by atoms with E-state index in [1.165, 1.54) is 28.5 Å². The molecule has 1 N–H and O–H groups in total. The first kappa shape index (κ1) is 12.2. The van der Waals surface area contributed by atoms with Gasteiger partial charge in [0.2, 0.25) is 0 Å². The lowest BCUT2D eigenvalue weighted by molar-refractivity contribution is 0.591. The number of hydrogen-bond acceptors (Lipinski definition) is 0. The molecule has 0 spiro atoms. The Kier molecular flexibility index (Phi) is 3.03. The highest BCUT2D eigenvalue weighted by Gasteiger charge is 2.16. The number of nitrogens with one attached hydrogen (secondary N) is 1. The molecule has 0 amide bonds. The predicted molar refractivity (Wildman–Crippen MR) is 75.7 cm³/mol. The van der Waals surface area contributed by atoms with Gasteiger partial charge in [-0.15, -0.1) is 0 Å². The van der Waals surface area contributed by atoms with E-state index in [0.717, 1.165) is 0 Å². The first-order valence-electron chi connectivity index (χ1n) is 6.55. The molecule has 17 heavy (non-hydrogen) atoms. The fraction of sp³-hybridized carbons (Fsp3) is 0.500. The maximum Gasteiger partial charge on any atom is 0.0459 e. The molecular weight excluding hydrogens is 206 g/mol. The Morgan fingerprint density at radius 1 is 1.24 bits per heavy atom. The molecule has 1 aromatic carbocycles. The van der Waals surface area contributed by atoms with Crippen LogP contribution in [0.1, 0.15) is 58.1 Å². The van der Waals surface area contributed by atoms with Crippen molar-refractivity contribution in [3.63, 3.8) is 0 Å². The van der Waals surface area contributed by atoms with Crippen molar-refractivity contribution in [2.24, 2.45) is 0 Å². The van der Waals surface area contributed by atoms with Crippen LogP contribution in [-0.4, -0.2) is 4.98 Å². The lowest BCUT2D eigenvalue weighted by Gasteiger charge is -2.19. The second-order valence-electron chi connectivity index (χ2n) is 6.06. The lowest BCUT2D eigenvalue weighted by Crippen LogP contribution is -2.10. The second kappa shape index (κ2) is 4.21. The van der Waals surface area contributed by atoms with E-state index in [2.05, 4.69) is 64.0 Å². The van der Waals surface area contributed by atoms with Crippen LogP contribution in [0.15, 0.2) is 24.4 Å². The Bertz CT molecular complexity index is 514. The SMILES string of the molecule is CCC(C)c1c[nH]c2cc(C(C)(C)C)ccc12. The summed E-state index contributed by atoms with van der Waals surface area (Å²) in [5, 5.41) is 1.38. The van der Waals surface area contributed by atoms with Crippen LogP contribution in [0.2, 0.25) is 0 Å².